The molecule has 0 spiro atoms. The molecular formula is C16H13F2N3O3. The number of rotatable bonds is 6. The third-order valence-electron chi connectivity index (χ3n) is 3.42. The van der Waals surface area contributed by atoms with Crippen molar-refractivity contribution in [3.63, 3.8) is 0 Å². The van der Waals surface area contributed by atoms with Crippen LogP contribution in [0.15, 0.2) is 36.7 Å². The minimum absolute atomic E-state index is 0.118. The highest BCUT2D eigenvalue weighted by Gasteiger charge is 2.13. The number of halogens is 2. The van der Waals surface area contributed by atoms with Gasteiger partial charge in [0.25, 0.3) is 6.47 Å². The molecule has 0 saturated heterocycles. The van der Waals surface area contributed by atoms with Crippen LogP contribution in [0.25, 0.3) is 5.65 Å². The topological polar surface area (TPSA) is 64.9 Å². The average molecular weight is 333 g/mol. The van der Waals surface area contributed by atoms with Gasteiger partial charge in [0.15, 0.2) is 17.4 Å². The van der Waals surface area contributed by atoms with Gasteiger partial charge >= 0.3 is 0 Å². The number of anilines is 1. The second-order valence-corrected chi connectivity index (χ2v) is 4.87. The number of nitrogens with zero attached hydrogens (tertiary/aromatic N) is 2. The zero-order chi connectivity index (χ0) is 17.1. The number of carbonyl (C=O) groups excluding carboxylic acids is 1. The first kappa shape index (κ1) is 15.7. The van der Waals surface area contributed by atoms with Crippen LogP contribution in [-0.4, -0.2) is 23.0 Å². The van der Waals surface area contributed by atoms with Crippen LogP contribution in [0.3, 0.4) is 0 Å². The third kappa shape index (κ3) is 2.85. The SMILES string of the molecule is COc1c(F)cc(CNc2ccc3nccn3c2OC=O)cc1F. The highest BCUT2D eigenvalue weighted by molar-refractivity contribution is 5.63. The van der Waals surface area contributed by atoms with Crippen molar-refractivity contribution in [3.05, 3.63) is 53.9 Å². The number of hydrogen-bond donors (Lipinski definition) is 1. The van der Waals surface area contributed by atoms with Gasteiger partial charge in [0, 0.05) is 18.9 Å². The van der Waals surface area contributed by atoms with E-state index in [1.165, 1.54) is 19.2 Å². The van der Waals surface area contributed by atoms with Crippen LogP contribution in [0.5, 0.6) is 11.6 Å². The number of nitrogens with one attached hydrogen (secondary N) is 1. The zero-order valence-corrected chi connectivity index (χ0v) is 12.6. The zero-order valence-electron chi connectivity index (χ0n) is 12.6. The van der Waals surface area contributed by atoms with Gasteiger partial charge < -0.3 is 14.8 Å². The Hall–Kier alpha value is -3.16. The van der Waals surface area contributed by atoms with Crippen LogP contribution in [0.2, 0.25) is 0 Å². The van der Waals surface area contributed by atoms with Crippen molar-refractivity contribution in [1.29, 1.82) is 0 Å². The van der Waals surface area contributed by atoms with Crippen molar-refractivity contribution < 1.29 is 23.0 Å². The summed E-state index contributed by atoms with van der Waals surface area (Å²) in [5.74, 6) is -1.77. The maximum absolute atomic E-state index is 13.7. The minimum atomic E-state index is -0.788. The molecule has 0 unspecified atom stereocenters. The lowest BCUT2D eigenvalue weighted by atomic mass is 10.2. The van der Waals surface area contributed by atoms with E-state index in [1.807, 2.05) is 0 Å². The summed E-state index contributed by atoms with van der Waals surface area (Å²) in [6, 6.07) is 5.72. The molecular weight excluding hydrogens is 320 g/mol. The first-order valence-corrected chi connectivity index (χ1v) is 6.96. The molecule has 1 aromatic carbocycles. The van der Waals surface area contributed by atoms with Gasteiger partial charge in [0.2, 0.25) is 5.88 Å². The average Bonchev–Trinajstić information content (AvgIpc) is 3.03. The van der Waals surface area contributed by atoms with E-state index in [9.17, 15) is 13.6 Å². The molecule has 8 heteroatoms. The number of hydrogen-bond acceptors (Lipinski definition) is 5. The summed E-state index contributed by atoms with van der Waals surface area (Å²) in [6.45, 7) is 0.417. The molecule has 6 nitrogen and oxygen atoms in total. The van der Waals surface area contributed by atoms with Gasteiger partial charge in [-0.15, -0.1) is 0 Å². The Labute approximate surface area is 135 Å². The number of pyridine rings is 1. The highest BCUT2D eigenvalue weighted by Crippen LogP contribution is 2.27. The summed E-state index contributed by atoms with van der Waals surface area (Å²) in [4.78, 5) is 14.8. The Morgan fingerprint density at radius 2 is 2.04 bits per heavy atom. The van der Waals surface area contributed by atoms with Crippen LogP contribution >= 0.6 is 0 Å². The van der Waals surface area contributed by atoms with Gasteiger partial charge in [-0.05, 0) is 29.8 Å². The lowest BCUT2D eigenvalue weighted by Gasteiger charge is -2.13. The Bertz CT molecular complexity index is 872. The molecule has 0 radical (unpaired) electrons. The minimum Gasteiger partial charge on any atom is -0.491 e. The van der Waals surface area contributed by atoms with Crippen molar-refractivity contribution in [1.82, 2.24) is 9.38 Å². The molecule has 0 aliphatic carbocycles. The largest absolute Gasteiger partial charge is 0.491 e. The van der Waals surface area contributed by atoms with E-state index in [0.717, 1.165) is 0 Å². The molecule has 0 amide bonds. The molecule has 0 saturated carbocycles. The molecule has 0 aliphatic heterocycles. The number of aromatic nitrogens is 2. The fourth-order valence-corrected chi connectivity index (χ4v) is 2.38. The van der Waals surface area contributed by atoms with E-state index in [4.69, 9.17) is 4.74 Å². The van der Waals surface area contributed by atoms with Gasteiger partial charge in [0.05, 0.1) is 12.8 Å². The smallest absolute Gasteiger partial charge is 0.299 e. The third-order valence-corrected chi connectivity index (χ3v) is 3.42. The Balaban J connectivity index is 1.88. The number of benzene rings is 1. The summed E-state index contributed by atoms with van der Waals surface area (Å²) in [6.07, 6.45) is 3.19. The monoisotopic (exact) mass is 333 g/mol. The molecule has 2 heterocycles. The van der Waals surface area contributed by atoms with Crippen LogP contribution < -0.4 is 14.8 Å². The fraction of sp³-hybridized carbons (Fsp3) is 0.125. The molecule has 3 aromatic rings. The van der Waals surface area contributed by atoms with Crippen molar-refractivity contribution in [3.8, 4) is 11.6 Å². The molecule has 1 N–H and O–H groups in total. The summed E-state index contributed by atoms with van der Waals surface area (Å²) >= 11 is 0. The first-order chi connectivity index (χ1) is 11.6. The van der Waals surface area contributed by atoms with Crippen LogP contribution in [0.4, 0.5) is 14.5 Å². The van der Waals surface area contributed by atoms with Crippen molar-refractivity contribution in [2.45, 2.75) is 6.54 Å². The molecule has 24 heavy (non-hydrogen) atoms. The van der Waals surface area contributed by atoms with Gasteiger partial charge in [-0.25, -0.2) is 13.8 Å². The quantitative estimate of drug-likeness (QED) is 0.703. The highest BCUT2D eigenvalue weighted by atomic mass is 19.1. The normalized spacial score (nSPS) is 10.6. The number of carbonyl (C=O) groups is 1. The number of methoxy groups -OCH3 is 1. The van der Waals surface area contributed by atoms with E-state index in [-0.39, 0.29) is 12.4 Å². The summed E-state index contributed by atoms with van der Waals surface area (Å²) in [5, 5.41) is 2.98. The van der Waals surface area contributed by atoms with Gasteiger partial charge in [-0.3, -0.25) is 9.20 Å². The molecule has 124 valence electrons. The fourth-order valence-electron chi connectivity index (χ4n) is 2.38. The number of fused-ring (bicyclic) bond motifs is 1. The number of imidazole rings is 1. The van der Waals surface area contributed by atoms with E-state index < -0.39 is 17.4 Å². The molecule has 2 aromatic heterocycles. The summed E-state index contributed by atoms with van der Waals surface area (Å²) in [5.41, 5.74) is 1.44. The second-order valence-electron chi connectivity index (χ2n) is 4.87. The predicted octanol–water partition coefficient (Wildman–Crippen LogP) is 2.77. The van der Waals surface area contributed by atoms with Crippen molar-refractivity contribution in [2.24, 2.45) is 0 Å². The van der Waals surface area contributed by atoms with E-state index >= 15 is 0 Å². The molecule has 0 fully saturated rings. The summed E-state index contributed by atoms with van der Waals surface area (Å²) < 4.78 is 38.7. The van der Waals surface area contributed by atoms with Crippen LogP contribution in [0.1, 0.15) is 5.56 Å². The Morgan fingerprint density at radius 3 is 2.71 bits per heavy atom. The maximum atomic E-state index is 13.7. The van der Waals surface area contributed by atoms with Crippen LogP contribution in [-0.2, 0) is 11.3 Å². The van der Waals surface area contributed by atoms with E-state index in [1.54, 1.807) is 28.9 Å². The molecule has 0 bridgehead atoms. The van der Waals surface area contributed by atoms with Crippen molar-refractivity contribution in [2.75, 3.05) is 12.4 Å². The second kappa shape index (κ2) is 6.53. The number of ether oxygens (including phenoxy) is 2. The molecule has 0 atom stereocenters. The summed E-state index contributed by atoms with van der Waals surface area (Å²) in [7, 11) is 1.20. The molecule has 0 aliphatic rings. The van der Waals surface area contributed by atoms with Gasteiger partial charge in [-0.1, -0.05) is 0 Å². The first-order valence-electron chi connectivity index (χ1n) is 6.96. The van der Waals surface area contributed by atoms with Gasteiger partial charge in [0.1, 0.15) is 5.65 Å². The lowest BCUT2D eigenvalue weighted by Crippen LogP contribution is -2.06. The Kier molecular flexibility index (Phi) is 4.28. The lowest BCUT2D eigenvalue weighted by molar-refractivity contribution is -0.120. The van der Waals surface area contributed by atoms with Gasteiger partial charge in [-0.2, -0.15) is 0 Å². The predicted molar refractivity (Wildman–Crippen MR) is 82.1 cm³/mol. The van der Waals surface area contributed by atoms with Crippen molar-refractivity contribution >= 4 is 17.8 Å². The molecule has 3 rings (SSSR count). The standard InChI is InChI=1S/C16H13F2N3O3/c1-23-15-11(17)6-10(7-12(15)18)8-20-13-2-3-14-19-4-5-21(14)16(13)24-9-22/h2-7,9,20H,8H2,1H3. The van der Waals surface area contributed by atoms with E-state index in [0.29, 0.717) is 23.4 Å². The maximum Gasteiger partial charge on any atom is 0.299 e. The van der Waals surface area contributed by atoms with E-state index in [2.05, 4.69) is 15.0 Å². The Morgan fingerprint density at radius 1 is 1.29 bits per heavy atom. The van der Waals surface area contributed by atoms with Crippen LogP contribution in [0, 0.1) is 11.6 Å².